The number of ether oxygens (including phenoxy) is 2. The molecule has 0 spiro atoms. The van der Waals surface area contributed by atoms with Crippen LogP contribution in [0.5, 0.6) is 11.5 Å². The Morgan fingerprint density at radius 3 is 2.74 bits per heavy atom. The van der Waals surface area contributed by atoms with Gasteiger partial charge in [0.15, 0.2) is 11.5 Å². The molecule has 1 aliphatic rings. The molecule has 1 fully saturated rings. The minimum Gasteiger partial charge on any atom is -0.493 e. The van der Waals surface area contributed by atoms with E-state index in [1.54, 1.807) is 20.4 Å². The van der Waals surface area contributed by atoms with Crippen LogP contribution in [0.15, 0.2) is 12.3 Å². The second-order valence-electron chi connectivity index (χ2n) is 5.24. The summed E-state index contributed by atoms with van der Waals surface area (Å²) in [6.07, 6.45) is 7.03. The van der Waals surface area contributed by atoms with Crippen LogP contribution >= 0.6 is 0 Å². The van der Waals surface area contributed by atoms with E-state index in [1.165, 1.54) is 25.7 Å². The van der Waals surface area contributed by atoms with Crippen LogP contribution in [-0.2, 0) is 6.54 Å². The maximum Gasteiger partial charge on any atom is 0.183 e. The van der Waals surface area contributed by atoms with Gasteiger partial charge in [0.2, 0.25) is 0 Å². The van der Waals surface area contributed by atoms with Crippen LogP contribution in [0, 0.1) is 5.92 Å². The monoisotopic (exact) mass is 264 g/mol. The van der Waals surface area contributed by atoms with Gasteiger partial charge >= 0.3 is 0 Å². The summed E-state index contributed by atoms with van der Waals surface area (Å²) in [5.74, 6) is 2.22. The summed E-state index contributed by atoms with van der Waals surface area (Å²) >= 11 is 0. The topological polar surface area (TPSA) is 43.4 Å². The number of hydrogen-bond donors (Lipinski definition) is 1. The molecule has 0 saturated heterocycles. The maximum absolute atomic E-state index is 5.41. The van der Waals surface area contributed by atoms with Gasteiger partial charge in [-0.1, -0.05) is 19.8 Å². The average Bonchev–Trinajstić information content (AvgIpc) is 2.45. The van der Waals surface area contributed by atoms with Gasteiger partial charge in [-0.15, -0.1) is 0 Å². The van der Waals surface area contributed by atoms with Crippen molar-refractivity contribution < 1.29 is 9.47 Å². The van der Waals surface area contributed by atoms with E-state index < -0.39 is 0 Å². The van der Waals surface area contributed by atoms with Gasteiger partial charge < -0.3 is 14.8 Å². The van der Waals surface area contributed by atoms with Crippen molar-refractivity contribution in [3.8, 4) is 11.5 Å². The highest BCUT2D eigenvalue weighted by atomic mass is 16.5. The van der Waals surface area contributed by atoms with Crippen molar-refractivity contribution in [2.24, 2.45) is 5.92 Å². The Bertz CT molecular complexity index is 409. The van der Waals surface area contributed by atoms with E-state index in [4.69, 9.17) is 9.47 Å². The Hall–Kier alpha value is -1.29. The molecular weight excluding hydrogens is 240 g/mol. The second-order valence-corrected chi connectivity index (χ2v) is 5.24. The molecule has 0 radical (unpaired) electrons. The number of pyridine rings is 1. The van der Waals surface area contributed by atoms with Crippen molar-refractivity contribution >= 4 is 0 Å². The molecule has 2 unspecified atom stereocenters. The minimum atomic E-state index is 0.589. The van der Waals surface area contributed by atoms with E-state index in [9.17, 15) is 0 Å². The van der Waals surface area contributed by atoms with E-state index in [0.717, 1.165) is 29.7 Å². The first-order valence-corrected chi connectivity index (χ1v) is 7.05. The van der Waals surface area contributed by atoms with Crippen LogP contribution in [-0.4, -0.2) is 25.2 Å². The zero-order chi connectivity index (χ0) is 13.7. The highest BCUT2D eigenvalue weighted by Gasteiger charge is 2.21. The fourth-order valence-corrected chi connectivity index (χ4v) is 2.82. The van der Waals surface area contributed by atoms with Crippen molar-refractivity contribution in [2.75, 3.05) is 14.2 Å². The van der Waals surface area contributed by atoms with Crippen molar-refractivity contribution in [3.63, 3.8) is 0 Å². The van der Waals surface area contributed by atoms with Crippen molar-refractivity contribution in [2.45, 2.75) is 45.2 Å². The number of nitrogens with one attached hydrogen (secondary N) is 1. The molecule has 19 heavy (non-hydrogen) atoms. The summed E-state index contributed by atoms with van der Waals surface area (Å²) in [7, 11) is 3.31. The van der Waals surface area contributed by atoms with Crippen LogP contribution in [0.3, 0.4) is 0 Å². The third-order valence-electron chi connectivity index (χ3n) is 4.01. The summed E-state index contributed by atoms with van der Waals surface area (Å²) in [5.41, 5.74) is 0.916. The summed E-state index contributed by atoms with van der Waals surface area (Å²) in [6.45, 7) is 3.06. The quantitative estimate of drug-likeness (QED) is 0.888. The largest absolute Gasteiger partial charge is 0.493 e. The third-order valence-corrected chi connectivity index (χ3v) is 4.01. The highest BCUT2D eigenvalue weighted by molar-refractivity contribution is 5.42. The van der Waals surface area contributed by atoms with Gasteiger partial charge in [0.1, 0.15) is 0 Å². The van der Waals surface area contributed by atoms with Crippen LogP contribution in [0.1, 0.15) is 38.3 Å². The molecule has 0 aromatic carbocycles. The number of aromatic nitrogens is 1. The molecule has 4 nitrogen and oxygen atoms in total. The van der Waals surface area contributed by atoms with Gasteiger partial charge in [-0.2, -0.15) is 0 Å². The predicted molar refractivity (Wildman–Crippen MR) is 75.6 cm³/mol. The molecule has 106 valence electrons. The molecule has 0 amide bonds. The smallest absolute Gasteiger partial charge is 0.183 e. The lowest BCUT2D eigenvalue weighted by Gasteiger charge is -2.29. The summed E-state index contributed by atoms with van der Waals surface area (Å²) in [4.78, 5) is 4.40. The Morgan fingerprint density at radius 2 is 2.05 bits per heavy atom. The minimum absolute atomic E-state index is 0.589. The molecule has 1 aromatic heterocycles. The molecule has 0 aliphatic heterocycles. The second kappa shape index (κ2) is 6.75. The molecule has 2 atom stereocenters. The Morgan fingerprint density at radius 1 is 1.26 bits per heavy atom. The molecular formula is C15H24N2O2. The number of hydrogen-bond acceptors (Lipinski definition) is 4. The van der Waals surface area contributed by atoms with Crippen LogP contribution in [0.25, 0.3) is 0 Å². The molecule has 1 aliphatic carbocycles. The van der Waals surface area contributed by atoms with Gasteiger partial charge in [-0.3, -0.25) is 4.98 Å². The number of rotatable bonds is 5. The number of methoxy groups -OCH3 is 2. The third kappa shape index (κ3) is 3.38. The molecule has 1 aromatic rings. The van der Waals surface area contributed by atoms with Gasteiger partial charge in [0.25, 0.3) is 0 Å². The highest BCUT2D eigenvalue weighted by Crippen LogP contribution is 2.29. The Balaban J connectivity index is 2.02. The van der Waals surface area contributed by atoms with Crippen molar-refractivity contribution in [3.05, 3.63) is 18.0 Å². The molecule has 1 N–H and O–H groups in total. The van der Waals surface area contributed by atoms with Gasteiger partial charge in [-0.05, 0) is 18.8 Å². The Labute approximate surface area is 115 Å². The zero-order valence-corrected chi connectivity index (χ0v) is 12.1. The number of nitrogens with zero attached hydrogens (tertiary/aromatic N) is 1. The van der Waals surface area contributed by atoms with Crippen LogP contribution < -0.4 is 14.8 Å². The fraction of sp³-hybridized carbons (Fsp3) is 0.667. The summed E-state index contributed by atoms with van der Waals surface area (Å²) < 4.78 is 10.7. The SMILES string of the molecule is COc1ccnc(CNC2CCCCC2C)c1OC. The Kier molecular flexibility index (Phi) is 5.02. The van der Waals surface area contributed by atoms with Crippen molar-refractivity contribution in [1.29, 1.82) is 0 Å². The van der Waals surface area contributed by atoms with E-state index in [2.05, 4.69) is 17.2 Å². The predicted octanol–water partition coefficient (Wildman–Crippen LogP) is 2.77. The maximum atomic E-state index is 5.41. The van der Waals surface area contributed by atoms with E-state index in [-0.39, 0.29) is 0 Å². The van der Waals surface area contributed by atoms with Crippen LogP contribution in [0.2, 0.25) is 0 Å². The first kappa shape index (κ1) is 14.1. The molecule has 1 saturated carbocycles. The van der Waals surface area contributed by atoms with E-state index in [0.29, 0.717) is 6.04 Å². The molecule has 4 heteroatoms. The lowest BCUT2D eigenvalue weighted by Crippen LogP contribution is -2.37. The standard InChI is InChI=1S/C15H24N2O2/c1-11-6-4-5-7-12(11)17-10-13-15(19-3)14(18-2)8-9-16-13/h8-9,11-12,17H,4-7,10H2,1-3H3. The van der Waals surface area contributed by atoms with Crippen LogP contribution in [0.4, 0.5) is 0 Å². The van der Waals surface area contributed by atoms with Gasteiger partial charge in [0.05, 0.1) is 19.9 Å². The summed E-state index contributed by atoms with van der Waals surface area (Å²) in [5, 5.41) is 3.62. The fourth-order valence-electron chi connectivity index (χ4n) is 2.82. The lowest BCUT2D eigenvalue weighted by molar-refractivity contribution is 0.276. The first-order valence-electron chi connectivity index (χ1n) is 7.05. The first-order chi connectivity index (χ1) is 9.26. The molecule has 2 rings (SSSR count). The zero-order valence-electron chi connectivity index (χ0n) is 12.1. The van der Waals surface area contributed by atoms with Gasteiger partial charge in [0, 0.05) is 24.8 Å². The van der Waals surface area contributed by atoms with E-state index in [1.807, 2.05) is 6.07 Å². The van der Waals surface area contributed by atoms with Gasteiger partial charge in [-0.25, -0.2) is 0 Å². The summed E-state index contributed by atoms with van der Waals surface area (Å²) in [6, 6.07) is 2.41. The normalized spacial score (nSPS) is 23.1. The van der Waals surface area contributed by atoms with E-state index >= 15 is 0 Å². The average molecular weight is 264 g/mol. The molecule has 1 heterocycles. The lowest BCUT2D eigenvalue weighted by atomic mass is 9.86. The van der Waals surface area contributed by atoms with Crippen molar-refractivity contribution in [1.82, 2.24) is 10.3 Å². The molecule has 0 bridgehead atoms.